The number of esters is 1. The van der Waals surface area contributed by atoms with Gasteiger partial charge in [0.2, 0.25) is 0 Å². The second-order valence-electron chi connectivity index (χ2n) is 7.25. The first-order valence-electron chi connectivity index (χ1n) is 9.36. The Kier molecular flexibility index (Phi) is 6.17. The van der Waals surface area contributed by atoms with E-state index in [1.165, 1.54) is 6.08 Å². The first-order chi connectivity index (χ1) is 13.8. The van der Waals surface area contributed by atoms with Crippen molar-refractivity contribution in [3.05, 3.63) is 62.9 Å². The summed E-state index contributed by atoms with van der Waals surface area (Å²) >= 11 is 6.38. The third-order valence-corrected chi connectivity index (χ3v) is 4.74. The molecule has 1 N–H and O–H groups in total. The zero-order chi connectivity index (χ0) is 21.1. The molecule has 1 atom stereocenters. The van der Waals surface area contributed by atoms with Crippen LogP contribution < -0.4 is 5.56 Å². The van der Waals surface area contributed by atoms with E-state index in [9.17, 15) is 9.59 Å². The number of rotatable bonds is 6. The van der Waals surface area contributed by atoms with E-state index in [4.69, 9.17) is 16.3 Å². The molecule has 8 heteroatoms. The number of ether oxygens (including phenoxy) is 1. The van der Waals surface area contributed by atoms with Crippen molar-refractivity contribution in [2.75, 3.05) is 0 Å². The number of nitrogens with zero attached hydrogens (tertiary/aromatic N) is 3. The maximum atomic E-state index is 12.3. The summed E-state index contributed by atoms with van der Waals surface area (Å²) in [6.45, 7) is 8.33. The van der Waals surface area contributed by atoms with Crippen LogP contribution in [-0.4, -0.2) is 25.7 Å². The van der Waals surface area contributed by atoms with Gasteiger partial charge in [-0.3, -0.25) is 9.48 Å². The molecule has 0 bridgehead atoms. The Morgan fingerprint density at radius 2 is 2.03 bits per heavy atom. The number of aromatic amines is 1. The Bertz CT molecular complexity index is 1130. The molecule has 0 unspecified atom stereocenters. The number of nitrogens with one attached hydrogen (secondary N) is 1. The quantitative estimate of drug-likeness (QED) is 0.485. The molecule has 0 saturated carbocycles. The number of H-pyrrole nitrogens is 1. The maximum Gasteiger partial charge on any atom is 0.331 e. The van der Waals surface area contributed by atoms with Gasteiger partial charge in [-0.2, -0.15) is 5.10 Å². The molecule has 0 saturated heterocycles. The zero-order valence-electron chi connectivity index (χ0n) is 16.8. The Balaban J connectivity index is 1.74. The molecule has 0 aliphatic rings. The van der Waals surface area contributed by atoms with Crippen LogP contribution in [0.1, 0.15) is 44.0 Å². The Morgan fingerprint density at radius 3 is 2.76 bits per heavy atom. The van der Waals surface area contributed by atoms with Crippen LogP contribution in [0, 0.1) is 12.8 Å². The molecule has 0 amide bonds. The van der Waals surface area contributed by atoms with E-state index in [1.54, 1.807) is 41.9 Å². The van der Waals surface area contributed by atoms with Crippen LogP contribution in [0.25, 0.3) is 17.0 Å². The molecule has 0 fully saturated rings. The van der Waals surface area contributed by atoms with E-state index in [2.05, 4.69) is 28.9 Å². The number of carbonyl (C=O) groups is 1. The molecule has 29 heavy (non-hydrogen) atoms. The summed E-state index contributed by atoms with van der Waals surface area (Å²) < 4.78 is 7.11. The molecule has 0 aliphatic carbocycles. The third kappa shape index (κ3) is 4.74. The Hall–Kier alpha value is -2.93. The summed E-state index contributed by atoms with van der Waals surface area (Å²) in [5.41, 5.74) is 1.68. The standard InChI is InChI=1S/C21H23ClN4O3/c1-12(2)11-26-19(22)15(13(3)25-26)9-10-18(27)29-14(4)20-23-17-8-6-5-7-16(17)21(28)24-20/h5-10,12,14H,11H2,1-4H3,(H,23,24,28)/b10-9+/t14-/m1/s1. The molecule has 0 radical (unpaired) electrons. The van der Waals surface area contributed by atoms with Crippen molar-refractivity contribution >= 4 is 34.5 Å². The summed E-state index contributed by atoms with van der Waals surface area (Å²) in [7, 11) is 0. The number of carbonyl (C=O) groups excluding carboxylic acids is 1. The monoisotopic (exact) mass is 414 g/mol. The fourth-order valence-corrected chi connectivity index (χ4v) is 3.25. The van der Waals surface area contributed by atoms with Gasteiger partial charge in [0.05, 0.1) is 16.6 Å². The van der Waals surface area contributed by atoms with Crippen molar-refractivity contribution in [1.29, 1.82) is 0 Å². The summed E-state index contributed by atoms with van der Waals surface area (Å²) in [5.74, 6) is 0.112. The van der Waals surface area contributed by atoms with E-state index in [-0.39, 0.29) is 11.4 Å². The van der Waals surface area contributed by atoms with Crippen LogP contribution in [0.15, 0.2) is 35.1 Å². The number of benzene rings is 1. The van der Waals surface area contributed by atoms with Gasteiger partial charge >= 0.3 is 5.97 Å². The molecule has 3 aromatic rings. The first kappa shape index (κ1) is 20.8. The number of aryl methyl sites for hydroxylation is 1. The number of fused-ring (bicyclic) bond motifs is 1. The summed E-state index contributed by atoms with van der Waals surface area (Å²) in [4.78, 5) is 31.5. The molecule has 1 aromatic carbocycles. The van der Waals surface area contributed by atoms with E-state index >= 15 is 0 Å². The molecular formula is C21H23ClN4O3. The Labute approximate surface area is 173 Å². The number of hydrogen-bond acceptors (Lipinski definition) is 5. The lowest BCUT2D eigenvalue weighted by molar-refractivity contribution is -0.142. The second-order valence-corrected chi connectivity index (χ2v) is 7.60. The highest BCUT2D eigenvalue weighted by molar-refractivity contribution is 6.31. The average Bonchev–Trinajstić information content (AvgIpc) is 2.92. The largest absolute Gasteiger partial charge is 0.451 e. The van der Waals surface area contributed by atoms with E-state index in [1.807, 2.05) is 6.92 Å². The van der Waals surface area contributed by atoms with E-state index < -0.39 is 12.1 Å². The highest BCUT2D eigenvalue weighted by atomic mass is 35.5. The van der Waals surface area contributed by atoms with Crippen LogP contribution >= 0.6 is 11.6 Å². The highest BCUT2D eigenvalue weighted by Gasteiger charge is 2.16. The van der Waals surface area contributed by atoms with Crippen molar-refractivity contribution in [2.45, 2.75) is 40.3 Å². The van der Waals surface area contributed by atoms with Gasteiger partial charge in [0.25, 0.3) is 5.56 Å². The summed E-state index contributed by atoms with van der Waals surface area (Å²) in [6.07, 6.45) is 2.17. The first-order valence-corrected chi connectivity index (χ1v) is 9.74. The molecule has 152 valence electrons. The maximum absolute atomic E-state index is 12.3. The van der Waals surface area contributed by atoms with Gasteiger partial charge in [-0.15, -0.1) is 0 Å². The van der Waals surface area contributed by atoms with Gasteiger partial charge < -0.3 is 9.72 Å². The molecule has 2 heterocycles. The van der Waals surface area contributed by atoms with E-state index in [0.717, 1.165) is 5.69 Å². The third-order valence-electron chi connectivity index (χ3n) is 4.34. The van der Waals surface area contributed by atoms with Crippen molar-refractivity contribution in [2.24, 2.45) is 5.92 Å². The average molecular weight is 415 g/mol. The fraction of sp³-hybridized carbons (Fsp3) is 0.333. The molecule has 7 nitrogen and oxygen atoms in total. The minimum Gasteiger partial charge on any atom is -0.451 e. The molecular weight excluding hydrogens is 392 g/mol. The van der Waals surface area contributed by atoms with Crippen molar-refractivity contribution < 1.29 is 9.53 Å². The Morgan fingerprint density at radius 1 is 1.31 bits per heavy atom. The predicted molar refractivity (Wildman–Crippen MR) is 113 cm³/mol. The molecule has 3 rings (SSSR count). The van der Waals surface area contributed by atoms with Crippen molar-refractivity contribution in [3.8, 4) is 0 Å². The van der Waals surface area contributed by atoms with Gasteiger partial charge in [0.1, 0.15) is 5.15 Å². The summed E-state index contributed by atoms with van der Waals surface area (Å²) in [5, 5.41) is 5.37. The normalized spacial score (nSPS) is 12.8. The van der Waals surface area contributed by atoms with Crippen LogP contribution in [0.5, 0.6) is 0 Å². The lowest BCUT2D eigenvalue weighted by atomic mass is 10.2. The molecule has 0 spiro atoms. The fourth-order valence-electron chi connectivity index (χ4n) is 2.94. The van der Waals surface area contributed by atoms with Crippen LogP contribution in [0.4, 0.5) is 0 Å². The molecule has 2 aromatic heterocycles. The SMILES string of the molecule is Cc1nn(CC(C)C)c(Cl)c1/C=C/C(=O)O[C@H](C)c1nc2ccccc2c(=O)[nH]1. The smallest absolute Gasteiger partial charge is 0.331 e. The topological polar surface area (TPSA) is 89.9 Å². The number of para-hydroxylation sites is 1. The number of halogens is 1. The van der Waals surface area contributed by atoms with Gasteiger partial charge in [-0.1, -0.05) is 37.6 Å². The highest BCUT2D eigenvalue weighted by Crippen LogP contribution is 2.22. The van der Waals surface area contributed by atoms with Gasteiger partial charge in [-0.25, -0.2) is 9.78 Å². The van der Waals surface area contributed by atoms with Crippen molar-refractivity contribution in [1.82, 2.24) is 19.7 Å². The summed E-state index contributed by atoms with van der Waals surface area (Å²) in [6, 6.07) is 6.99. The predicted octanol–water partition coefficient (Wildman–Crippen LogP) is 4.06. The van der Waals surface area contributed by atoms with Crippen LogP contribution in [-0.2, 0) is 16.1 Å². The minimum absolute atomic E-state index is 0.274. The number of aromatic nitrogens is 4. The van der Waals surface area contributed by atoms with Crippen molar-refractivity contribution in [3.63, 3.8) is 0 Å². The lowest BCUT2D eigenvalue weighted by Gasteiger charge is -2.11. The van der Waals surface area contributed by atoms with E-state index in [0.29, 0.717) is 34.1 Å². The van der Waals surface area contributed by atoms with Crippen LogP contribution in [0.2, 0.25) is 5.15 Å². The minimum atomic E-state index is -0.718. The molecule has 0 aliphatic heterocycles. The van der Waals surface area contributed by atoms with Gasteiger partial charge in [0, 0.05) is 18.2 Å². The zero-order valence-corrected chi connectivity index (χ0v) is 17.5. The lowest BCUT2D eigenvalue weighted by Crippen LogP contribution is -2.16. The second kappa shape index (κ2) is 8.61. The number of hydrogen-bond donors (Lipinski definition) is 1. The van der Waals surface area contributed by atoms with Gasteiger partial charge in [-0.05, 0) is 38.0 Å². The van der Waals surface area contributed by atoms with Crippen LogP contribution in [0.3, 0.4) is 0 Å². The van der Waals surface area contributed by atoms with Gasteiger partial charge in [0.15, 0.2) is 11.9 Å².